The van der Waals surface area contributed by atoms with Crippen molar-refractivity contribution in [2.75, 3.05) is 18.5 Å². The third-order valence-corrected chi connectivity index (χ3v) is 4.29. The summed E-state index contributed by atoms with van der Waals surface area (Å²) >= 11 is 0. The number of imidazole rings is 1. The SMILES string of the molecule is Cc1nccn1Cc1ccc(C(=O)Nc2ccc3c(c2)OCCO3)cc1. The number of rotatable bonds is 4. The third kappa shape index (κ3) is 3.39. The molecule has 0 atom stereocenters. The predicted molar refractivity (Wildman–Crippen MR) is 97.9 cm³/mol. The summed E-state index contributed by atoms with van der Waals surface area (Å²) in [6.45, 7) is 3.76. The second kappa shape index (κ2) is 6.92. The maximum absolute atomic E-state index is 12.5. The Hall–Kier alpha value is -3.28. The van der Waals surface area contributed by atoms with Crippen LogP contribution in [0.1, 0.15) is 21.7 Å². The molecule has 1 aliphatic heterocycles. The predicted octanol–water partition coefficient (Wildman–Crippen LogP) is 3.26. The number of amides is 1. The molecule has 0 unspecified atom stereocenters. The molecule has 6 nitrogen and oxygen atoms in total. The van der Waals surface area contributed by atoms with Crippen LogP contribution in [0.25, 0.3) is 0 Å². The summed E-state index contributed by atoms with van der Waals surface area (Å²) in [6.07, 6.45) is 3.72. The van der Waals surface area contributed by atoms with Gasteiger partial charge in [-0.25, -0.2) is 4.98 Å². The van der Waals surface area contributed by atoms with E-state index in [-0.39, 0.29) is 5.91 Å². The first-order valence-corrected chi connectivity index (χ1v) is 8.47. The first-order chi connectivity index (χ1) is 12.7. The van der Waals surface area contributed by atoms with E-state index < -0.39 is 0 Å². The Balaban J connectivity index is 1.44. The zero-order valence-electron chi connectivity index (χ0n) is 14.4. The summed E-state index contributed by atoms with van der Waals surface area (Å²) < 4.78 is 13.1. The number of carbonyl (C=O) groups excluding carboxylic acids is 1. The van der Waals surface area contributed by atoms with Gasteiger partial charge in [0.15, 0.2) is 11.5 Å². The highest BCUT2D eigenvalue weighted by Gasteiger charge is 2.13. The molecule has 0 radical (unpaired) electrons. The molecule has 1 aliphatic rings. The number of nitrogens with one attached hydrogen (secondary N) is 1. The smallest absolute Gasteiger partial charge is 0.255 e. The molecular weight excluding hydrogens is 330 g/mol. The van der Waals surface area contributed by atoms with E-state index in [1.807, 2.05) is 43.5 Å². The van der Waals surface area contributed by atoms with Gasteiger partial charge in [-0.3, -0.25) is 4.79 Å². The Labute approximate surface area is 151 Å². The van der Waals surface area contributed by atoms with Gasteiger partial charge in [-0.15, -0.1) is 0 Å². The van der Waals surface area contributed by atoms with Crippen molar-refractivity contribution < 1.29 is 14.3 Å². The van der Waals surface area contributed by atoms with Crippen LogP contribution in [0.5, 0.6) is 11.5 Å². The van der Waals surface area contributed by atoms with Crippen molar-refractivity contribution >= 4 is 11.6 Å². The van der Waals surface area contributed by atoms with Crippen molar-refractivity contribution in [1.82, 2.24) is 9.55 Å². The second-order valence-corrected chi connectivity index (χ2v) is 6.11. The minimum atomic E-state index is -0.160. The van der Waals surface area contributed by atoms with Gasteiger partial charge in [0.2, 0.25) is 0 Å². The van der Waals surface area contributed by atoms with Crippen molar-refractivity contribution in [2.45, 2.75) is 13.5 Å². The number of benzene rings is 2. The Morgan fingerprint density at radius 1 is 1.12 bits per heavy atom. The fourth-order valence-electron chi connectivity index (χ4n) is 2.85. The molecule has 3 aromatic rings. The van der Waals surface area contributed by atoms with Crippen LogP contribution in [0.4, 0.5) is 5.69 Å². The van der Waals surface area contributed by atoms with Gasteiger partial charge >= 0.3 is 0 Å². The summed E-state index contributed by atoms with van der Waals surface area (Å²) in [5.41, 5.74) is 2.39. The number of aryl methyl sites for hydroxylation is 1. The fraction of sp³-hybridized carbons (Fsp3) is 0.200. The van der Waals surface area contributed by atoms with Gasteiger partial charge in [-0.2, -0.15) is 0 Å². The first-order valence-electron chi connectivity index (χ1n) is 8.47. The lowest BCUT2D eigenvalue weighted by Gasteiger charge is -2.19. The molecule has 1 aromatic heterocycles. The third-order valence-electron chi connectivity index (χ3n) is 4.29. The minimum Gasteiger partial charge on any atom is -0.486 e. The van der Waals surface area contributed by atoms with Gasteiger partial charge in [0.25, 0.3) is 5.91 Å². The molecule has 0 spiro atoms. The van der Waals surface area contributed by atoms with Crippen LogP contribution in [0.15, 0.2) is 54.9 Å². The molecule has 132 valence electrons. The highest BCUT2D eigenvalue weighted by molar-refractivity contribution is 6.04. The number of hydrogen-bond acceptors (Lipinski definition) is 4. The van der Waals surface area contributed by atoms with E-state index in [9.17, 15) is 4.79 Å². The molecule has 2 aromatic carbocycles. The number of fused-ring (bicyclic) bond motifs is 1. The van der Waals surface area contributed by atoms with Crippen LogP contribution in [-0.2, 0) is 6.54 Å². The molecule has 26 heavy (non-hydrogen) atoms. The van der Waals surface area contributed by atoms with E-state index >= 15 is 0 Å². The van der Waals surface area contributed by atoms with Crippen LogP contribution in [0.3, 0.4) is 0 Å². The number of carbonyl (C=O) groups is 1. The van der Waals surface area contributed by atoms with E-state index in [4.69, 9.17) is 9.47 Å². The maximum Gasteiger partial charge on any atom is 0.255 e. The van der Waals surface area contributed by atoms with Crippen LogP contribution in [0.2, 0.25) is 0 Å². The van der Waals surface area contributed by atoms with Gasteiger partial charge in [0, 0.05) is 36.3 Å². The number of aromatic nitrogens is 2. The van der Waals surface area contributed by atoms with Crippen molar-refractivity contribution in [3.05, 3.63) is 71.8 Å². The highest BCUT2D eigenvalue weighted by Crippen LogP contribution is 2.32. The van der Waals surface area contributed by atoms with Gasteiger partial charge in [0.05, 0.1) is 0 Å². The molecule has 4 rings (SSSR count). The van der Waals surface area contributed by atoms with Crippen molar-refractivity contribution in [1.29, 1.82) is 0 Å². The van der Waals surface area contributed by atoms with Crippen molar-refractivity contribution in [2.24, 2.45) is 0 Å². The molecule has 0 bridgehead atoms. The zero-order chi connectivity index (χ0) is 17.9. The second-order valence-electron chi connectivity index (χ2n) is 6.11. The highest BCUT2D eigenvalue weighted by atomic mass is 16.6. The standard InChI is InChI=1S/C20H19N3O3/c1-14-21-8-9-23(14)13-15-2-4-16(5-3-15)20(24)22-17-6-7-18-19(12-17)26-11-10-25-18/h2-9,12H,10-11,13H2,1H3,(H,22,24). The Morgan fingerprint density at radius 3 is 2.62 bits per heavy atom. The average molecular weight is 349 g/mol. The number of nitrogens with zero attached hydrogens (tertiary/aromatic N) is 2. The van der Waals surface area contributed by atoms with Crippen LogP contribution in [-0.4, -0.2) is 28.7 Å². The molecule has 0 aliphatic carbocycles. The van der Waals surface area contributed by atoms with Crippen LogP contribution in [0, 0.1) is 6.92 Å². The quantitative estimate of drug-likeness (QED) is 0.785. The molecule has 0 saturated heterocycles. The fourth-order valence-corrected chi connectivity index (χ4v) is 2.85. The lowest BCUT2D eigenvalue weighted by atomic mass is 10.1. The Bertz CT molecular complexity index is 932. The van der Waals surface area contributed by atoms with E-state index in [0.717, 1.165) is 17.9 Å². The van der Waals surface area contributed by atoms with Gasteiger partial charge < -0.3 is 19.4 Å². The molecule has 6 heteroatoms. The Kier molecular flexibility index (Phi) is 4.31. The van der Waals surface area contributed by atoms with Crippen molar-refractivity contribution in [3.63, 3.8) is 0 Å². The lowest BCUT2D eigenvalue weighted by molar-refractivity contribution is 0.102. The van der Waals surface area contributed by atoms with Gasteiger partial charge in [-0.05, 0) is 36.8 Å². The molecule has 2 heterocycles. The van der Waals surface area contributed by atoms with Gasteiger partial charge in [-0.1, -0.05) is 12.1 Å². The van der Waals surface area contributed by atoms with Crippen molar-refractivity contribution in [3.8, 4) is 11.5 Å². The summed E-state index contributed by atoms with van der Waals surface area (Å²) in [5.74, 6) is 2.16. The summed E-state index contributed by atoms with van der Waals surface area (Å²) in [5, 5.41) is 2.89. The summed E-state index contributed by atoms with van der Waals surface area (Å²) in [6, 6.07) is 13.0. The molecule has 1 amide bonds. The molecule has 0 saturated carbocycles. The summed E-state index contributed by atoms with van der Waals surface area (Å²) in [7, 11) is 0. The first kappa shape index (κ1) is 16.2. The number of hydrogen-bond donors (Lipinski definition) is 1. The largest absolute Gasteiger partial charge is 0.486 e. The van der Waals surface area contributed by atoms with E-state index in [1.165, 1.54) is 0 Å². The zero-order valence-corrected chi connectivity index (χ0v) is 14.4. The molecular formula is C20H19N3O3. The minimum absolute atomic E-state index is 0.160. The van der Waals surface area contributed by atoms with Gasteiger partial charge in [0.1, 0.15) is 19.0 Å². The maximum atomic E-state index is 12.5. The number of anilines is 1. The average Bonchev–Trinajstić information content (AvgIpc) is 3.07. The molecule has 1 N–H and O–H groups in total. The Morgan fingerprint density at radius 2 is 1.88 bits per heavy atom. The van der Waals surface area contributed by atoms with Crippen LogP contribution >= 0.6 is 0 Å². The monoisotopic (exact) mass is 349 g/mol. The van der Waals surface area contributed by atoms with E-state index in [1.54, 1.807) is 18.3 Å². The summed E-state index contributed by atoms with van der Waals surface area (Å²) in [4.78, 5) is 16.7. The van der Waals surface area contributed by atoms with E-state index in [2.05, 4.69) is 14.9 Å². The lowest BCUT2D eigenvalue weighted by Crippen LogP contribution is -2.16. The number of ether oxygens (including phenoxy) is 2. The van der Waals surface area contributed by atoms with E-state index in [0.29, 0.717) is 36.0 Å². The van der Waals surface area contributed by atoms with Crippen LogP contribution < -0.4 is 14.8 Å². The molecule has 0 fully saturated rings. The topological polar surface area (TPSA) is 65.4 Å². The normalized spacial score (nSPS) is 12.7.